The number of rotatable bonds is 7. The first-order valence-corrected chi connectivity index (χ1v) is 7.77. The van der Waals surface area contributed by atoms with Gasteiger partial charge in [-0.05, 0) is 26.0 Å². The summed E-state index contributed by atoms with van der Waals surface area (Å²) in [5.74, 6) is 0.301. The van der Waals surface area contributed by atoms with Crippen LogP contribution in [0.2, 0.25) is 0 Å². The van der Waals surface area contributed by atoms with Crippen LogP contribution in [0.15, 0.2) is 23.4 Å². The molecule has 8 nitrogen and oxygen atoms in total. The quantitative estimate of drug-likeness (QED) is 0.747. The van der Waals surface area contributed by atoms with Crippen molar-refractivity contribution in [1.29, 1.82) is 15.8 Å². The van der Waals surface area contributed by atoms with Gasteiger partial charge in [0.2, 0.25) is 0 Å². The zero-order valence-electron chi connectivity index (χ0n) is 15.1. The summed E-state index contributed by atoms with van der Waals surface area (Å²) in [6.07, 6.45) is 0. The Bertz CT molecular complexity index is 820. The molecule has 0 bridgehead atoms. The van der Waals surface area contributed by atoms with Gasteiger partial charge in [0, 0.05) is 18.7 Å². The van der Waals surface area contributed by atoms with E-state index in [4.69, 9.17) is 20.0 Å². The molecule has 1 rings (SSSR count). The van der Waals surface area contributed by atoms with E-state index in [1.807, 2.05) is 13.8 Å². The topological polar surface area (TPSA) is 122 Å². The minimum Gasteiger partial charge on any atom is -0.493 e. The van der Waals surface area contributed by atoms with Crippen molar-refractivity contribution in [3.8, 4) is 29.7 Å². The molecule has 26 heavy (non-hydrogen) atoms. The highest BCUT2D eigenvalue weighted by Gasteiger charge is 2.20. The number of benzene rings is 1. The van der Waals surface area contributed by atoms with Gasteiger partial charge in [-0.15, -0.1) is 0 Å². The molecule has 0 aliphatic rings. The first kappa shape index (κ1) is 20.3. The van der Waals surface area contributed by atoms with Crippen molar-refractivity contribution in [2.75, 3.05) is 32.6 Å². The van der Waals surface area contributed by atoms with Crippen molar-refractivity contribution in [2.45, 2.75) is 13.8 Å². The average Bonchev–Trinajstić information content (AvgIpc) is 2.67. The Hall–Kier alpha value is -3.70. The van der Waals surface area contributed by atoms with Crippen LogP contribution in [-0.2, 0) is 0 Å². The van der Waals surface area contributed by atoms with E-state index < -0.39 is 0 Å². The normalized spacial score (nSPS) is 9.12. The van der Waals surface area contributed by atoms with Gasteiger partial charge >= 0.3 is 0 Å². The van der Waals surface area contributed by atoms with Gasteiger partial charge in [0.05, 0.1) is 19.9 Å². The summed E-state index contributed by atoms with van der Waals surface area (Å²) in [5.41, 5.74) is -0.0692. The molecule has 1 N–H and O–H groups in total. The van der Waals surface area contributed by atoms with Gasteiger partial charge in [-0.1, -0.05) is 0 Å². The molecule has 1 amide bonds. The number of amides is 1. The molecule has 0 heterocycles. The fraction of sp³-hybridized carbons (Fsp3) is 0.333. The summed E-state index contributed by atoms with van der Waals surface area (Å²) in [4.78, 5) is 14.3. The molecular formula is C18H19N5O3. The molecule has 0 saturated heterocycles. The van der Waals surface area contributed by atoms with Crippen molar-refractivity contribution < 1.29 is 14.3 Å². The SMILES string of the molecule is CCN(CC)C(=O)c1cc(NC(C#N)=C(C#N)C#N)c(OC)c(OC)c1. The van der Waals surface area contributed by atoms with E-state index in [2.05, 4.69) is 5.32 Å². The maximum Gasteiger partial charge on any atom is 0.254 e. The predicted octanol–water partition coefficient (Wildman–Crippen LogP) is 2.42. The molecule has 0 fully saturated rings. The van der Waals surface area contributed by atoms with Gasteiger partial charge in [-0.25, -0.2) is 0 Å². The van der Waals surface area contributed by atoms with Crippen LogP contribution in [-0.4, -0.2) is 38.1 Å². The van der Waals surface area contributed by atoms with Gasteiger partial charge in [0.25, 0.3) is 5.91 Å². The molecular weight excluding hydrogens is 334 g/mol. The smallest absolute Gasteiger partial charge is 0.254 e. The zero-order chi connectivity index (χ0) is 19.7. The minimum atomic E-state index is -0.381. The molecule has 0 saturated carbocycles. The Balaban J connectivity index is 3.56. The third-order valence-electron chi connectivity index (χ3n) is 3.62. The molecule has 0 aromatic heterocycles. The van der Waals surface area contributed by atoms with Crippen molar-refractivity contribution in [3.63, 3.8) is 0 Å². The van der Waals surface area contributed by atoms with E-state index in [0.717, 1.165) is 0 Å². The standard InChI is InChI=1S/C18H19N5O3/c1-5-23(6-2)18(24)12-7-14(17(26-4)16(8-12)25-3)22-15(11-21)13(9-19)10-20/h7-8,22H,5-6H2,1-4H3. The van der Waals surface area contributed by atoms with E-state index in [1.54, 1.807) is 23.1 Å². The second-order valence-corrected chi connectivity index (χ2v) is 4.95. The van der Waals surface area contributed by atoms with E-state index in [0.29, 0.717) is 18.7 Å². The van der Waals surface area contributed by atoms with Crippen LogP contribution >= 0.6 is 0 Å². The van der Waals surface area contributed by atoms with Crippen LogP contribution in [0.25, 0.3) is 0 Å². The van der Waals surface area contributed by atoms with Crippen LogP contribution in [0.5, 0.6) is 11.5 Å². The van der Waals surface area contributed by atoms with Crippen molar-refractivity contribution >= 4 is 11.6 Å². The van der Waals surface area contributed by atoms with Gasteiger partial charge in [0.1, 0.15) is 23.9 Å². The second kappa shape index (κ2) is 9.56. The molecule has 1 aromatic carbocycles. The lowest BCUT2D eigenvalue weighted by molar-refractivity contribution is 0.0772. The zero-order valence-corrected chi connectivity index (χ0v) is 15.1. The summed E-state index contributed by atoms with van der Waals surface area (Å²) in [7, 11) is 2.82. The fourth-order valence-electron chi connectivity index (χ4n) is 2.29. The number of methoxy groups -OCH3 is 2. The molecule has 8 heteroatoms. The van der Waals surface area contributed by atoms with E-state index in [1.165, 1.54) is 26.4 Å². The summed E-state index contributed by atoms with van der Waals surface area (Å²) in [6, 6.07) is 8.09. The summed E-state index contributed by atoms with van der Waals surface area (Å²) in [5, 5.41) is 29.9. The number of ether oxygens (including phenoxy) is 2. The molecule has 0 aliphatic carbocycles. The number of hydrogen-bond donors (Lipinski definition) is 1. The maximum absolute atomic E-state index is 12.6. The van der Waals surface area contributed by atoms with Crippen molar-refractivity contribution in [1.82, 2.24) is 4.90 Å². The lowest BCUT2D eigenvalue weighted by Gasteiger charge is -2.21. The minimum absolute atomic E-state index is 0.220. The first-order valence-electron chi connectivity index (χ1n) is 7.77. The maximum atomic E-state index is 12.6. The summed E-state index contributed by atoms with van der Waals surface area (Å²) in [6.45, 7) is 4.79. The Morgan fingerprint density at radius 3 is 2.12 bits per heavy atom. The Morgan fingerprint density at radius 2 is 1.69 bits per heavy atom. The lowest BCUT2D eigenvalue weighted by atomic mass is 10.1. The summed E-state index contributed by atoms with van der Waals surface area (Å²) >= 11 is 0. The third kappa shape index (κ3) is 4.23. The monoisotopic (exact) mass is 353 g/mol. The van der Waals surface area contributed by atoms with E-state index in [9.17, 15) is 10.1 Å². The molecule has 134 valence electrons. The lowest BCUT2D eigenvalue weighted by Crippen LogP contribution is -2.30. The average molecular weight is 353 g/mol. The highest BCUT2D eigenvalue weighted by Crippen LogP contribution is 2.37. The van der Waals surface area contributed by atoms with Crippen molar-refractivity contribution in [2.24, 2.45) is 0 Å². The molecule has 0 unspecified atom stereocenters. The number of anilines is 1. The van der Waals surface area contributed by atoms with E-state index in [-0.39, 0.29) is 34.4 Å². The van der Waals surface area contributed by atoms with E-state index >= 15 is 0 Å². The number of carbonyl (C=O) groups is 1. The largest absolute Gasteiger partial charge is 0.493 e. The number of carbonyl (C=O) groups excluding carboxylic acids is 1. The third-order valence-corrected chi connectivity index (χ3v) is 3.62. The number of nitrogens with one attached hydrogen (secondary N) is 1. The highest BCUT2D eigenvalue weighted by molar-refractivity contribution is 5.96. The second-order valence-electron chi connectivity index (χ2n) is 4.95. The van der Waals surface area contributed by atoms with Gasteiger partial charge in [-0.2, -0.15) is 15.8 Å². The van der Waals surface area contributed by atoms with Crippen LogP contribution in [0, 0.1) is 34.0 Å². The Kier molecular flexibility index (Phi) is 7.48. The van der Waals surface area contributed by atoms with Crippen LogP contribution in [0.3, 0.4) is 0 Å². The van der Waals surface area contributed by atoms with Crippen LogP contribution in [0.1, 0.15) is 24.2 Å². The van der Waals surface area contributed by atoms with Crippen molar-refractivity contribution in [3.05, 3.63) is 29.0 Å². The summed E-state index contributed by atoms with van der Waals surface area (Å²) < 4.78 is 10.6. The molecule has 0 radical (unpaired) electrons. The van der Waals surface area contributed by atoms with Gasteiger partial charge in [-0.3, -0.25) is 4.79 Å². The number of nitriles is 3. The predicted molar refractivity (Wildman–Crippen MR) is 94.3 cm³/mol. The van der Waals surface area contributed by atoms with Crippen LogP contribution in [0.4, 0.5) is 5.69 Å². The molecule has 0 atom stereocenters. The molecule has 1 aromatic rings. The fourth-order valence-corrected chi connectivity index (χ4v) is 2.29. The number of allylic oxidation sites excluding steroid dienone is 2. The number of hydrogen-bond acceptors (Lipinski definition) is 7. The Labute approximate surface area is 152 Å². The van der Waals surface area contributed by atoms with Crippen LogP contribution < -0.4 is 14.8 Å². The molecule has 0 aliphatic heterocycles. The number of nitrogens with zero attached hydrogens (tertiary/aromatic N) is 4. The van der Waals surface area contributed by atoms with Gasteiger partial charge < -0.3 is 19.7 Å². The highest BCUT2D eigenvalue weighted by atomic mass is 16.5. The Morgan fingerprint density at radius 1 is 1.08 bits per heavy atom. The first-order chi connectivity index (χ1) is 12.5. The van der Waals surface area contributed by atoms with Gasteiger partial charge in [0.15, 0.2) is 17.1 Å². The molecule has 0 spiro atoms.